The Balaban J connectivity index is 3.11. The van der Waals surface area contributed by atoms with E-state index in [9.17, 15) is 4.79 Å². The van der Waals surface area contributed by atoms with Crippen LogP contribution in [0, 0.1) is 6.92 Å². The van der Waals surface area contributed by atoms with Gasteiger partial charge in [-0.3, -0.25) is 4.79 Å². The number of nitrogens with zero attached hydrogens (tertiary/aromatic N) is 1. The molecule has 0 unspecified atom stereocenters. The standard InChI is InChI=1S/C13H19NO2/c1-9(2)11-6-5-10(3)12(7-11)14(4)13(16)8-15/h5-7,9,15H,8H2,1-4H3. The predicted molar refractivity (Wildman–Crippen MR) is 65.8 cm³/mol. The van der Waals surface area contributed by atoms with Crippen LogP contribution in [0.4, 0.5) is 5.69 Å². The quantitative estimate of drug-likeness (QED) is 0.849. The van der Waals surface area contributed by atoms with Gasteiger partial charge in [-0.15, -0.1) is 0 Å². The van der Waals surface area contributed by atoms with Gasteiger partial charge in [0.25, 0.3) is 5.91 Å². The molecule has 0 aliphatic heterocycles. The predicted octanol–water partition coefficient (Wildman–Crippen LogP) is 2.07. The zero-order valence-corrected chi connectivity index (χ0v) is 10.3. The number of hydrogen-bond donors (Lipinski definition) is 1. The molecule has 16 heavy (non-hydrogen) atoms. The number of carbonyl (C=O) groups excluding carboxylic acids is 1. The van der Waals surface area contributed by atoms with Crippen LogP contribution in [0.15, 0.2) is 18.2 Å². The SMILES string of the molecule is Cc1ccc(C(C)C)cc1N(C)C(=O)CO. The molecule has 1 aromatic carbocycles. The summed E-state index contributed by atoms with van der Waals surface area (Å²) in [6, 6.07) is 6.08. The number of aryl methyl sites for hydroxylation is 1. The fourth-order valence-electron chi connectivity index (χ4n) is 1.59. The molecule has 0 aliphatic carbocycles. The van der Waals surface area contributed by atoms with Gasteiger partial charge in [-0.2, -0.15) is 0 Å². The van der Waals surface area contributed by atoms with E-state index in [1.54, 1.807) is 7.05 Å². The maximum Gasteiger partial charge on any atom is 0.252 e. The highest BCUT2D eigenvalue weighted by atomic mass is 16.3. The van der Waals surface area contributed by atoms with Crippen LogP contribution in [-0.4, -0.2) is 24.7 Å². The van der Waals surface area contributed by atoms with Gasteiger partial charge < -0.3 is 10.0 Å². The van der Waals surface area contributed by atoms with Crippen LogP contribution in [0.1, 0.15) is 30.9 Å². The molecule has 1 rings (SSSR count). The van der Waals surface area contributed by atoms with Crippen molar-refractivity contribution >= 4 is 11.6 Å². The molecule has 0 saturated carbocycles. The molecule has 1 N–H and O–H groups in total. The smallest absolute Gasteiger partial charge is 0.252 e. The van der Waals surface area contributed by atoms with Crippen molar-refractivity contribution in [1.29, 1.82) is 0 Å². The van der Waals surface area contributed by atoms with E-state index >= 15 is 0 Å². The first-order chi connectivity index (χ1) is 7.47. The van der Waals surface area contributed by atoms with Crippen LogP contribution in [0.2, 0.25) is 0 Å². The summed E-state index contributed by atoms with van der Waals surface area (Å²) in [7, 11) is 1.69. The van der Waals surface area contributed by atoms with Crippen molar-refractivity contribution in [3.05, 3.63) is 29.3 Å². The second-order valence-corrected chi connectivity index (χ2v) is 4.31. The Labute approximate surface area is 96.7 Å². The Bertz CT molecular complexity index is 386. The normalized spacial score (nSPS) is 10.6. The second kappa shape index (κ2) is 5.12. The number of anilines is 1. The Morgan fingerprint density at radius 1 is 1.44 bits per heavy atom. The number of carbonyl (C=O) groups is 1. The van der Waals surface area contributed by atoms with Crippen LogP contribution in [0.5, 0.6) is 0 Å². The van der Waals surface area contributed by atoms with E-state index in [1.807, 2.05) is 19.1 Å². The summed E-state index contributed by atoms with van der Waals surface area (Å²) >= 11 is 0. The van der Waals surface area contributed by atoms with Gasteiger partial charge in [-0.05, 0) is 30.0 Å². The lowest BCUT2D eigenvalue weighted by molar-refractivity contribution is -0.120. The topological polar surface area (TPSA) is 40.5 Å². The molecule has 1 aromatic rings. The summed E-state index contributed by atoms with van der Waals surface area (Å²) in [4.78, 5) is 12.9. The number of rotatable bonds is 3. The number of hydrogen-bond acceptors (Lipinski definition) is 2. The first kappa shape index (κ1) is 12.7. The van der Waals surface area contributed by atoms with E-state index in [4.69, 9.17) is 5.11 Å². The molecule has 0 saturated heterocycles. The zero-order valence-electron chi connectivity index (χ0n) is 10.3. The van der Waals surface area contributed by atoms with E-state index in [2.05, 4.69) is 19.9 Å². The van der Waals surface area contributed by atoms with E-state index in [0.29, 0.717) is 5.92 Å². The second-order valence-electron chi connectivity index (χ2n) is 4.31. The maximum atomic E-state index is 11.4. The van der Waals surface area contributed by atoms with Gasteiger partial charge in [0.2, 0.25) is 0 Å². The number of benzene rings is 1. The monoisotopic (exact) mass is 221 g/mol. The average molecular weight is 221 g/mol. The van der Waals surface area contributed by atoms with Gasteiger partial charge >= 0.3 is 0 Å². The minimum absolute atomic E-state index is 0.288. The Kier molecular flexibility index (Phi) is 4.07. The highest BCUT2D eigenvalue weighted by Gasteiger charge is 2.13. The molecule has 0 fully saturated rings. The van der Waals surface area contributed by atoms with Gasteiger partial charge in [-0.25, -0.2) is 0 Å². The van der Waals surface area contributed by atoms with Gasteiger partial charge in [0.15, 0.2) is 0 Å². The third-order valence-electron chi connectivity index (χ3n) is 2.77. The molecule has 0 aromatic heterocycles. The minimum atomic E-state index is -0.457. The van der Waals surface area contributed by atoms with Crippen LogP contribution in [0.25, 0.3) is 0 Å². The minimum Gasteiger partial charge on any atom is -0.387 e. The highest BCUT2D eigenvalue weighted by molar-refractivity contribution is 5.94. The van der Waals surface area contributed by atoms with Crippen LogP contribution in [-0.2, 0) is 4.79 Å². The van der Waals surface area contributed by atoms with Gasteiger partial charge in [-0.1, -0.05) is 26.0 Å². The molecule has 0 heterocycles. The summed E-state index contributed by atoms with van der Waals surface area (Å²) in [5.74, 6) is 0.140. The number of likely N-dealkylation sites (N-methyl/N-ethyl adjacent to an activating group) is 1. The van der Waals surface area contributed by atoms with Crippen LogP contribution in [0.3, 0.4) is 0 Å². The third-order valence-corrected chi connectivity index (χ3v) is 2.77. The molecule has 0 radical (unpaired) electrons. The van der Waals surface area contributed by atoms with Crippen molar-refractivity contribution in [3.63, 3.8) is 0 Å². The summed E-state index contributed by atoms with van der Waals surface area (Å²) in [5, 5.41) is 8.84. The number of amides is 1. The first-order valence-electron chi connectivity index (χ1n) is 5.45. The molecule has 3 heteroatoms. The Morgan fingerprint density at radius 2 is 2.06 bits per heavy atom. The van der Waals surface area contributed by atoms with Crippen molar-refractivity contribution in [1.82, 2.24) is 0 Å². The van der Waals surface area contributed by atoms with E-state index in [1.165, 1.54) is 10.5 Å². The fraction of sp³-hybridized carbons (Fsp3) is 0.462. The third kappa shape index (κ3) is 2.61. The first-order valence-corrected chi connectivity index (χ1v) is 5.45. The maximum absolute atomic E-state index is 11.4. The zero-order chi connectivity index (χ0) is 12.3. The average Bonchev–Trinajstić information content (AvgIpc) is 2.27. The van der Waals surface area contributed by atoms with E-state index in [0.717, 1.165) is 11.3 Å². The lowest BCUT2D eigenvalue weighted by Gasteiger charge is -2.20. The van der Waals surface area contributed by atoms with Gasteiger partial charge in [0.1, 0.15) is 6.61 Å². The molecule has 3 nitrogen and oxygen atoms in total. The largest absolute Gasteiger partial charge is 0.387 e. The lowest BCUT2D eigenvalue weighted by atomic mass is 10.0. The molecule has 0 aliphatic rings. The van der Waals surface area contributed by atoms with Crippen LogP contribution >= 0.6 is 0 Å². The van der Waals surface area contributed by atoms with Crippen molar-refractivity contribution < 1.29 is 9.90 Å². The van der Waals surface area contributed by atoms with Crippen molar-refractivity contribution in [2.75, 3.05) is 18.6 Å². The Hall–Kier alpha value is -1.35. The fourth-order valence-corrected chi connectivity index (χ4v) is 1.59. The molecular weight excluding hydrogens is 202 g/mol. The highest BCUT2D eigenvalue weighted by Crippen LogP contribution is 2.24. The summed E-state index contributed by atoms with van der Waals surface area (Å²) in [5.41, 5.74) is 3.09. The summed E-state index contributed by atoms with van der Waals surface area (Å²) < 4.78 is 0. The molecule has 88 valence electrons. The summed E-state index contributed by atoms with van der Waals surface area (Å²) in [6.45, 7) is 5.73. The van der Waals surface area contributed by atoms with Crippen molar-refractivity contribution in [2.45, 2.75) is 26.7 Å². The van der Waals surface area contributed by atoms with Gasteiger partial charge in [0.05, 0.1) is 0 Å². The number of aliphatic hydroxyl groups excluding tert-OH is 1. The van der Waals surface area contributed by atoms with E-state index < -0.39 is 6.61 Å². The molecule has 0 bridgehead atoms. The van der Waals surface area contributed by atoms with E-state index in [-0.39, 0.29) is 5.91 Å². The van der Waals surface area contributed by atoms with Crippen molar-refractivity contribution in [2.24, 2.45) is 0 Å². The summed E-state index contributed by atoms with van der Waals surface area (Å²) in [6.07, 6.45) is 0. The van der Waals surface area contributed by atoms with Crippen LogP contribution < -0.4 is 4.90 Å². The van der Waals surface area contributed by atoms with Crippen molar-refractivity contribution in [3.8, 4) is 0 Å². The Morgan fingerprint density at radius 3 is 2.56 bits per heavy atom. The lowest BCUT2D eigenvalue weighted by Crippen LogP contribution is -2.29. The molecule has 0 spiro atoms. The van der Waals surface area contributed by atoms with Gasteiger partial charge in [0, 0.05) is 12.7 Å². The molecule has 1 amide bonds. The molecular formula is C13H19NO2. The number of aliphatic hydroxyl groups is 1. The molecule has 0 atom stereocenters.